The van der Waals surface area contributed by atoms with Crippen LogP contribution in [-0.2, 0) is 11.0 Å². The van der Waals surface area contributed by atoms with Crippen LogP contribution in [0.4, 0.5) is 24.5 Å². The van der Waals surface area contributed by atoms with Crippen LogP contribution in [0, 0.1) is 16.0 Å². The maximum absolute atomic E-state index is 12.9. The summed E-state index contributed by atoms with van der Waals surface area (Å²) in [6.45, 7) is 3.45. The van der Waals surface area contributed by atoms with Crippen molar-refractivity contribution in [2.75, 3.05) is 12.4 Å². The lowest BCUT2D eigenvalue weighted by Crippen LogP contribution is -2.41. The lowest BCUT2D eigenvalue weighted by atomic mass is 10.0. The smallest absolute Gasteiger partial charge is 0.373 e. The first-order valence-electron chi connectivity index (χ1n) is 6.41. The number of likely N-dealkylation sites (N-methyl/N-ethyl adjacent to an activating group) is 1. The lowest BCUT2D eigenvalue weighted by molar-refractivity contribution is -0.388. The van der Waals surface area contributed by atoms with Crippen LogP contribution in [-0.4, -0.2) is 23.9 Å². The number of benzene rings is 1. The molecule has 0 saturated carbocycles. The van der Waals surface area contributed by atoms with Gasteiger partial charge >= 0.3 is 6.18 Å². The molecule has 0 fully saturated rings. The summed E-state index contributed by atoms with van der Waals surface area (Å²) >= 11 is 0. The summed E-state index contributed by atoms with van der Waals surface area (Å²) in [5, 5.41) is 15.8. The van der Waals surface area contributed by atoms with Gasteiger partial charge in [0, 0.05) is 18.8 Å². The molecule has 2 N–H and O–H groups in total. The third-order valence-corrected chi connectivity index (χ3v) is 3.02. The minimum Gasteiger partial charge on any atom is -0.373 e. The van der Waals surface area contributed by atoms with Crippen LogP contribution in [0.25, 0.3) is 0 Å². The van der Waals surface area contributed by atoms with Crippen molar-refractivity contribution < 1.29 is 22.9 Å². The second-order valence-corrected chi connectivity index (χ2v) is 4.97. The van der Waals surface area contributed by atoms with Gasteiger partial charge in [0.05, 0.1) is 4.92 Å². The highest BCUT2D eigenvalue weighted by molar-refractivity contribution is 5.84. The maximum atomic E-state index is 12.9. The number of hydrogen-bond acceptors (Lipinski definition) is 4. The standard InChI is InChI=1S/C13H16F3N3O3/c1-7(2)11(12(20)17-3)18-8-4-5-10(19(21)22)9(6-8)13(14,15)16/h4-7,11,18H,1-3H3,(H,17,20). The lowest BCUT2D eigenvalue weighted by Gasteiger charge is -2.22. The Morgan fingerprint density at radius 2 is 1.91 bits per heavy atom. The van der Waals surface area contributed by atoms with Crippen LogP contribution >= 0.6 is 0 Å². The van der Waals surface area contributed by atoms with Gasteiger partial charge in [-0.15, -0.1) is 0 Å². The van der Waals surface area contributed by atoms with Gasteiger partial charge in [-0.2, -0.15) is 13.2 Å². The number of carbonyl (C=O) groups is 1. The number of nitro benzene ring substituents is 1. The van der Waals surface area contributed by atoms with Crippen molar-refractivity contribution in [1.82, 2.24) is 5.32 Å². The first-order chi connectivity index (χ1) is 10.1. The van der Waals surface area contributed by atoms with Gasteiger partial charge in [-0.1, -0.05) is 13.8 Å². The van der Waals surface area contributed by atoms with Gasteiger partial charge < -0.3 is 10.6 Å². The van der Waals surface area contributed by atoms with E-state index in [4.69, 9.17) is 0 Å². The molecule has 1 atom stereocenters. The highest BCUT2D eigenvalue weighted by atomic mass is 19.4. The molecule has 1 aromatic carbocycles. The Morgan fingerprint density at radius 3 is 2.32 bits per heavy atom. The van der Waals surface area contributed by atoms with Crippen molar-refractivity contribution in [3.05, 3.63) is 33.9 Å². The Hall–Kier alpha value is -2.32. The molecule has 0 saturated heterocycles. The van der Waals surface area contributed by atoms with Crippen LogP contribution in [0.1, 0.15) is 19.4 Å². The normalized spacial score (nSPS) is 12.9. The molecule has 0 aliphatic rings. The Labute approximate surface area is 124 Å². The number of nitro groups is 1. The van der Waals surface area contributed by atoms with E-state index < -0.39 is 28.4 Å². The molecule has 122 valence electrons. The molecule has 22 heavy (non-hydrogen) atoms. The summed E-state index contributed by atoms with van der Waals surface area (Å²) in [6.07, 6.45) is -4.86. The molecule has 0 spiro atoms. The number of halogens is 3. The fourth-order valence-electron chi connectivity index (χ4n) is 1.88. The van der Waals surface area contributed by atoms with E-state index in [0.29, 0.717) is 6.07 Å². The second kappa shape index (κ2) is 6.63. The van der Waals surface area contributed by atoms with Crippen molar-refractivity contribution in [2.45, 2.75) is 26.1 Å². The zero-order valence-electron chi connectivity index (χ0n) is 12.2. The van der Waals surface area contributed by atoms with E-state index in [1.807, 2.05) is 0 Å². The molecule has 0 aliphatic carbocycles. The topological polar surface area (TPSA) is 84.3 Å². The summed E-state index contributed by atoms with van der Waals surface area (Å²) in [4.78, 5) is 21.3. The summed E-state index contributed by atoms with van der Waals surface area (Å²) in [5.74, 6) is -0.577. The molecule has 1 rings (SSSR count). The fourth-order valence-corrected chi connectivity index (χ4v) is 1.88. The zero-order chi connectivity index (χ0) is 17.1. The number of anilines is 1. The summed E-state index contributed by atoms with van der Waals surface area (Å²) in [7, 11) is 1.41. The van der Waals surface area contributed by atoms with Crippen LogP contribution < -0.4 is 10.6 Å². The first-order valence-corrected chi connectivity index (χ1v) is 6.41. The van der Waals surface area contributed by atoms with Crippen LogP contribution in [0.3, 0.4) is 0 Å². The quantitative estimate of drug-likeness (QED) is 0.645. The number of amides is 1. The third-order valence-electron chi connectivity index (χ3n) is 3.02. The Kier molecular flexibility index (Phi) is 5.34. The molecule has 6 nitrogen and oxygen atoms in total. The second-order valence-electron chi connectivity index (χ2n) is 4.97. The van der Waals surface area contributed by atoms with Gasteiger partial charge in [-0.3, -0.25) is 14.9 Å². The molecular weight excluding hydrogens is 303 g/mol. The highest BCUT2D eigenvalue weighted by Gasteiger charge is 2.38. The Balaban J connectivity index is 3.22. The molecular formula is C13H16F3N3O3. The van der Waals surface area contributed by atoms with E-state index in [1.165, 1.54) is 7.05 Å². The van der Waals surface area contributed by atoms with Crippen LogP contribution in [0.15, 0.2) is 18.2 Å². The Morgan fingerprint density at radius 1 is 1.32 bits per heavy atom. The number of nitrogens with one attached hydrogen (secondary N) is 2. The number of carbonyl (C=O) groups excluding carboxylic acids is 1. The predicted molar refractivity (Wildman–Crippen MR) is 74.4 cm³/mol. The van der Waals surface area contributed by atoms with E-state index in [-0.39, 0.29) is 17.5 Å². The van der Waals surface area contributed by atoms with Crippen molar-refractivity contribution >= 4 is 17.3 Å². The monoisotopic (exact) mass is 319 g/mol. The Bertz CT molecular complexity index is 573. The van der Waals surface area contributed by atoms with Crippen LogP contribution in [0.2, 0.25) is 0 Å². The average molecular weight is 319 g/mol. The molecule has 1 aromatic rings. The molecule has 0 radical (unpaired) electrons. The predicted octanol–water partition coefficient (Wildman–Crippen LogP) is 2.80. The van der Waals surface area contributed by atoms with Gasteiger partial charge in [0.1, 0.15) is 11.6 Å². The van der Waals surface area contributed by atoms with Gasteiger partial charge in [0.2, 0.25) is 5.91 Å². The summed E-state index contributed by atoms with van der Waals surface area (Å²) in [5.41, 5.74) is -2.40. The summed E-state index contributed by atoms with van der Waals surface area (Å²) in [6, 6.07) is 1.79. The van der Waals surface area contributed by atoms with Gasteiger partial charge in [0.25, 0.3) is 5.69 Å². The van der Waals surface area contributed by atoms with E-state index in [2.05, 4.69) is 10.6 Å². The minimum absolute atomic E-state index is 0.0137. The molecule has 0 heterocycles. The number of nitrogens with zero attached hydrogens (tertiary/aromatic N) is 1. The molecule has 9 heteroatoms. The SMILES string of the molecule is CNC(=O)C(Nc1ccc([N+](=O)[O-])c(C(F)(F)F)c1)C(C)C. The number of alkyl halides is 3. The van der Waals surface area contributed by atoms with Crippen molar-refractivity contribution in [3.8, 4) is 0 Å². The fraction of sp³-hybridized carbons (Fsp3) is 0.462. The third kappa shape index (κ3) is 4.09. The summed E-state index contributed by atoms with van der Waals surface area (Å²) < 4.78 is 38.7. The molecule has 0 aromatic heterocycles. The first kappa shape index (κ1) is 17.7. The van der Waals surface area contributed by atoms with E-state index in [1.54, 1.807) is 13.8 Å². The molecule has 0 bridgehead atoms. The zero-order valence-corrected chi connectivity index (χ0v) is 12.2. The molecule has 1 amide bonds. The minimum atomic E-state index is -4.86. The molecule has 0 aliphatic heterocycles. The largest absolute Gasteiger partial charge is 0.423 e. The van der Waals surface area contributed by atoms with Gasteiger partial charge in [-0.25, -0.2) is 0 Å². The van der Waals surface area contributed by atoms with Gasteiger partial charge in [0.15, 0.2) is 0 Å². The average Bonchev–Trinajstić information content (AvgIpc) is 2.42. The number of rotatable bonds is 5. The van der Waals surface area contributed by atoms with Crippen LogP contribution in [0.5, 0.6) is 0 Å². The van der Waals surface area contributed by atoms with Crippen molar-refractivity contribution in [1.29, 1.82) is 0 Å². The van der Waals surface area contributed by atoms with Crippen molar-refractivity contribution in [2.24, 2.45) is 5.92 Å². The maximum Gasteiger partial charge on any atom is 0.423 e. The number of hydrogen-bond donors (Lipinski definition) is 2. The van der Waals surface area contributed by atoms with Gasteiger partial charge in [-0.05, 0) is 18.1 Å². The van der Waals surface area contributed by atoms with Crippen molar-refractivity contribution in [3.63, 3.8) is 0 Å². The molecule has 1 unspecified atom stereocenters. The van der Waals surface area contributed by atoms with E-state index in [9.17, 15) is 28.1 Å². The van der Waals surface area contributed by atoms with E-state index in [0.717, 1.165) is 12.1 Å². The van der Waals surface area contributed by atoms with E-state index >= 15 is 0 Å². The highest BCUT2D eigenvalue weighted by Crippen LogP contribution is 2.37.